The van der Waals surface area contributed by atoms with Crippen LogP contribution < -0.4 is 4.74 Å². The molecule has 98 valence electrons. The number of benzene rings is 2. The molecule has 0 aliphatic carbocycles. The lowest BCUT2D eigenvalue weighted by atomic mass is 10.2. The number of halogens is 2. The normalized spacial score (nSPS) is 10.3. The van der Waals surface area contributed by atoms with Crippen molar-refractivity contribution >= 4 is 37.8 Å². The van der Waals surface area contributed by atoms with Crippen molar-refractivity contribution in [3.63, 3.8) is 0 Å². The Labute approximate surface area is 127 Å². The van der Waals surface area contributed by atoms with Crippen LogP contribution in [0, 0.1) is 6.92 Å². The van der Waals surface area contributed by atoms with E-state index in [1.54, 1.807) is 6.07 Å². The fourth-order valence-corrected chi connectivity index (χ4v) is 2.55. The average Bonchev–Trinajstić information content (AvgIpc) is 2.32. The quantitative estimate of drug-likeness (QED) is 0.807. The maximum Gasteiger partial charge on any atom is 0.335 e. The van der Waals surface area contributed by atoms with Gasteiger partial charge in [-0.25, -0.2) is 4.79 Å². The molecule has 0 aromatic heterocycles. The second kappa shape index (κ2) is 5.75. The first-order valence-corrected chi connectivity index (χ1v) is 7.02. The van der Waals surface area contributed by atoms with E-state index in [0.717, 1.165) is 10.0 Å². The molecular weight excluding hydrogens is 376 g/mol. The SMILES string of the molecule is Cc1cc(Br)ccc1Oc1cc(Br)cc(C(=O)O)c1. The van der Waals surface area contributed by atoms with Gasteiger partial charge in [0.25, 0.3) is 0 Å². The zero-order valence-corrected chi connectivity index (χ0v) is 13.2. The highest BCUT2D eigenvalue weighted by Crippen LogP contribution is 2.30. The Kier molecular flexibility index (Phi) is 4.27. The van der Waals surface area contributed by atoms with Gasteiger partial charge in [-0.15, -0.1) is 0 Å². The fraction of sp³-hybridized carbons (Fsp3) is 0.0714. The zero-order chi connectivity index (χ0) is 14.0. The summed E-state index contributed by atoms with van der Waals surface area (Å²) < 4.78 is 7.36. The topological polar surface area (TPSA) is 46.5 Å². The van der Waals surface area contributed by atoms with Crippen LogP contribution in [0.2, 0.25) is 0 Å². The summed E-state index contributed by atoms with van der Waals surface area (Å²) in [5.41, 5.74) is 1.14. The van der Waals surface area contributed by atoms with Crippen LogP contribution in [-0.2, 0) is 0 Å². The van der Waals surface area contributed by atoms with E-state index in [2.05, 4.69) is 31.9 Å². The van der Waals surface area contributed by atoms with Gasteiger partial charge in [0.05, 0.1) is 5.56 Å². The molecule has 0 atom stereocenters. The van der Waals surface area contributed by atoms with Gasteiger partial charge in [0.15, 0.2) is 0 Å². The number of ether oxygens (including phenoxy) is 1. The Bertz CT molecular complexity index is 639. The number of hydrogen-bond acceptors (Lipinski definition) is 2. The first-order chi connectivity index (χ1) is 8.95. The molecule has 0 aliphatic heterocycles. The number of carbonyl (C=O) groups is 1. The summed E-state index contributed by atoms with van der Waals surface area (Å²) in [6.07, 6.45) is 0. The third-order valence-corrected chi connectivity index (χ3v) is 3.43. The molecule has 0 aliphatic rings. The van der Waals surface area contributed by atoms with E-state index in [4.69, 9.17) is 9.84 Å². The van der Waals surface area contributed by atoms with Crippen LogP contribution in [0.5, 0.6) is 11.5 Å². The van der Waals surface area contributed by atoms with Gasteiger partial charge in [-0.2, -0.15) is 0 Å². The van der Waals surface area contributed by atoms with Crippen LogP contribution in [-0.4, -0.2) is 11.1 Å². The second-order valence-electron chi connectivity index (χ2n) is 3.99. The van der Waals surface area contributed by atoms with Gasteiger partial charge < -0.3 is 9.84 Å². The molecule has 0 heterocycles. The highest BCUT2D eigenvalue weighted by Gasteiger charge is 2.08. The third-order valence-electron chi connectivity index (χ3n) is 2.48. The summed E-state index contributed by atoms with van der Waals surface area (Å²) in [7, 11) is 0. The minimum absolute atomic E-state index is 0.180. The van der Waals surface area contributed by atoms with Crippen molar-refractivity contribution < 1.29 is 14.6 Å². The van der Waals surface area contributed by atoms with Crippen LogP contribution >= 0.6 is 31.9 Å². The molecule has 0 saturated carbocycles. The van der Waals surface area contributed by atoms with Crippen molar-refractivity contribution in [3.8, 4) is 11.5 Å². The number of hydrogen-bond donors (Lipinski definition) is 1. The number of aryl methyl sites for hydroxylation is 1. The van der Waals surface area contributed by atoms with Crippen molar-refractivity contribution in [1.29, 1.82) is 0 Å². The van der Waals surface area contributed by atoms with Gasteiger partial charge in [0.2, 0.25) is 0 Å². The molecule has 2 aromatic carbocycles. The molecule has 0 fully saturated rings. The van der Waals surface area contributed by atoms with Gasteiger partial charge >= 0.3 is 5.97 Å². The molecule has 0 bridgehead atoms. The van der Waals surface area contributed by atoms with Crippen molar-refractivity contribution in [1.82, 2.24) is 0 Å². The van der Waals surface area contributed by atoms with E-state index >= 15 is 0 Å². The van der Waals surface area contributed by atoms with Crippen molar-refractivity contribution in [2.24, 2.45) is 0 Å². The zero-order valence-electron chi connectivity index (χ0n) is 9.98. The van der Waals surface area contributed by atoms with E-state index in [-0.39, 0.29) is 5.56 Å². The number of carboxylic acids is 1. The van der Waals surface area contributed by atoms with Gasteiger partial charge in [0, 0.05) is 8.95 Å². The lowest BCUT2D eigenvalue weighted by molar-refractivity contribution is 0.0696. The number of carboxylic acid groups (broad SMARTS) is 1. The summed E-state index contributed by atoms with van der Waals surface area (Å²) in [5.74, 6) is 0.188. The molecule has 3 nitrogen and oxygen atoms in total. The summed E-state index contributed by atoms with van der Waals surface area (Å²) in [5, 5.41) is 9.01. The van der Waals surface area contributed by atoms with E-state index < -0.39 is 5.97 Å². The standard InChI is InChI=1S/C14H10Br2O3/c1-8-4-10(15)2-3-13(8)19-12-6-9(14(17)18)5-11(16)7-12/h2-7H,1H3,(H,17,18). The van der Waals surface area contributed by atoms with Crippen LogP contribution in [0.1, 0.15) is 15.9 Å². The van der Waals surface area contributed by atoms with Gasteiger partial charge in [-0.1, -0.05) is 31.9 Å². The smallest absolute Gasteiger partial charge is 0.335 e. The first kappa shape index (κ1) is 14.1. The average molecular weight is 386 g/mol. The van der Waals surface area contributed by atoms with Crippen molar-refractivity contribution in [2.75, 3.05) is 0 Å². The second-order valence-corrected chi connectivity index (χ2v) is 5.82. The highest BCUT2D eigenvalue weighted by molar-refractivity contribution is 9.10. The summed E-state index contributed by atoms with van der Waals surface area (Å²) >= 11 is 6.66. The summed E-state index contributed by atoms with van der Waals surface area (Å²) in [6.45, 7) is 1.93. The van der Waals surface area contributed by atoms with Crippen molar-refractivity contribution in [2.45, 2.75) is 6.92 Å². The molecule has 2 aromatic rings. The number of rotatable bonds is 3. The molecule has 5 heteroatoms. The Hall–Kier alpha value is -1.33. The van der Waals surface area contributed by atoms with Crippen molar-refractivity contribution in [3.05, 3.63) is 56.5 Å². The predicted octanol–water partition coefficient (Wildman–Crippen LogP) is 5.01. The molecule has 0 radical (unpaired) electrons. The number of aromatic carboxylic acids is 1. The van der Waals surface area contributed by atoms with E-state index in [0.29, 0.717) is 16.0 Å². The predicted molar refractivity (Wildman–Crippen MR) is 80.1 cm³/mol. The fourth-order valence-electron chi connectivity index (χ4n) is 1.60. The van der Waals surface area contributed by atoms with Gasteiger partial charge in [-0.3, -0.25) is 0 Å². The lowest BCUT2D eigenvalue weighted by Crippen LogP contribution is -1.97. The summed E-state index contributed by atoms with van der Waals surface area (Å²) in [4.78, 5) is 11.0. The Morgan fingerprint density at radius 2 is 1.84 bits per heavy atom. The minimum Gasteiger partial charge on any atom is -0.478 e. The Morgan fingerprint density at radius 1 is 1.11 bits per heavy atom. The monoisotopic (exact) mass is 384 g/mol. The van der Waals surface area contributed by atoms with E-state index in [1.165, 1.54) is 12.1 Å². The van der Waals surface area contributed by atoms with Crippen LogP contribution in [0.25, 0.3) is 0 Å². The minimum atomic E-state index is -0.987. The van der Waals surface area contributed by atoms with E-state index in [1.807, 2.05) is 25.1 Å². The van der Waals surface area contributed by atoms with Crippen LogP contribution in [0.3, 0.4) is 0 Å². The maximum atomic E-state index is 11.0. The molecule has 19 heavy (non-hydrogen) atoms. The molecule has 0 saturated heterocycles. The van der Waals surface area contributed by atoms with Crippen LogP contribution in [0.4, 0.5) is 0 Å². The van der Waals surface area contributed by atoms with E-state index in [9.17, 15) is 4.79 Å². The largest absolute Gasteiger partial charge is 0.478 e. The Balaban J connectivity index is 2.35. The molecule has 0 amide bonds. The highest BCUT2D eigenvalue weighted by atomic mass is 79.9. The lowest BCUT2D eigenvalue weighted by Gasteiger charge is -2.10. The first-order valence-electron chi connectivity index (χ1n) is 5.43. The maximum absolute atomic E-state index is 11.0. The molecule has 2 rings (SSSR count). The van der Waals surface area contributed by atoms with Crippen LogP contribution in [0.15, 0.2) is 45.3 Å². The third kappa shape index (κ3) is 3.58. The molecule has 0 unspecified atom stereocenters. The molecule has 0 spiro atoms. The molecular formula is C14H10Br2O3. The summed E-state index contributed by atoms with van der Waals surface area (Å²) in [6, 6.07) is 10.4. The van der Waals surface area contributed by atoms with Gasteiger partial charge in [0.1, 0.15) is 11.5 Å². The Morgan fingerprint density at radius 3 is 2.47 bits per heavy atom. The molecule has 1 N–H and O–H groups in total. The van der Waals surface area contributed by atoms with Gasteiger partial charge in [-0.05, 0) is 48.9 Å².